The van der Waals surface area contributed by atoms with Gasteiger partial charge in [-0.25, -0.2) is 9.86 Å². The molecule has 84 valence electrons. The second-order valence-electron chi connectivity index (χ2n) is 3.65. The minimum Gasteiger partial charge on any atom is -0.386 e. The fourth-order valence-corrected chi connectivity index (χ4v) is 1.64. The Bertz CT molecular complexity index is 398. The van der Waals surface area contributed by atoms with Crippen LogP contribution in [0.15, 0.2) is 36.0 Å². The Hall–Kier alpha value is -1.61. The maximum atomic E-state index is 10.6. The topological polar surface area (TPSA) is 49.8 Å². The first-order chi connectivity index (χ1) is 7.81. The predicted molar refractivity (Wildman–Crippen MR) is 57.8 cm³/mol. The molecule has 1 aromatic rings. The largest absolute Gasteiger partial charge is 0.386 e. The maximum absolute atomic E-state index is 10.6. The molecule has 1 aromatic carbocycles. The monoisotopic (exact) mass is 219 g/mol. The molecule has 0 aliphatic carbocycles. The van der Waals surface area contributed by atoms with Crippen LogP contribution in [-0.4, -0.2) is 28.8 Å². The summed E-state index contributed by atoms with van der Waals surface area (Å²) in [4.78, 5) is 16.0. The van der Waals surface area contributed by atoms with Crippen LogP contribution in [0.2, 0.25) is 0 Å². The van der Waals surface area contributed by atoms with Crippen molar-refractivity contribution < 1.29 is 14.7 Å². The smallest absolute Gasteiger partial charge is 0.153 e. The van der Waals surface area contributed by atoms with Gasteiger partial charge < -0.3 is 5.11 Å². The summed E-state index contributed by atoms with van der Waals surface area (Å²) in [5.41, 5.74) is 1.21. The molecule has 0 amide bonds. The van der Waals surface area contributed by atoms with Gasteiger partial charge in [-0.1, -0.05) is 30.3 Å². The first-order valence-electron chi connectivity index (χ1n) is 5.18. The highest BCUT2D eigenvalue weighted by molar-refractivity contribution is 5.53. The summed E-state index contributed by atoms with van der Waals surface area (Å²) in [6.45, 7) is 0.914. The van der Waals surface area contributed by atoms with Crippen LogP contribution in [-0.2, 0) is 16.2 Å². The molecule has 1 heterocycles. The molecule has 16 heavy (non-hydrogen) atoms. The van der Waals surface area contributed by atoms with Crippen molar-refractivity contribution in [2.45, 2.75) is 19.1 Å². The van der Waals surface area contributed by atoms with Crippen molar-refractivity contribution in [3.05, 3.63) is 41.6 Å². The zero-order valence-electron chi connectivity index (χ0n) is 8.80. The molecule has 0 radical (unpaired) electrons. The van der Waals surface area contributed by atoms with E-state index in [-0.39, 0.29) is 5.70 Å². The van der Waals surface area contributed by atoms with Crippen LogP contribution < -0.4 is 0 Å². The zero-order chi connectivity index (χ0) is 11.4. The molecule has 1 N–H and O–H groups in total. The van der Waals surface area contributed by atoms with Crippen LogP contribution in [0.4, 0.5) is 0 Å². The van der Waals surface area contributed by atoms with Crippen LogP contribution >= 0.6 is 0 Å². The third-order valence-corrected chi connectivity index (χ3v) is 2.52. The van der Waals surface area contributed by atoms with Gasteiger partial charge in [-0.2, -0.15) is 0 Å². The van der Waals surface area contributed by atoms with Crippen molar-refractivity contribution in [2.24, 2.45) is 0 Å². The van der Waals surface area contributed by atoms with E-state index in [0.717, 1.165) is 5.56 Å². The van der Waals surface area contributed by atoms with Gasteiger partial charge in [0.15, 0.2) is 11.6 Å². The zero-order valence-corrected chi connectivity index (χ0v) is 8.80. The van der Waals surface area contributed by atoms with E-state index in [1.165, 1.54) is 5.06 Å². The SMILES string of the molecule is O=C=C1C(O)CCN1OCc1ccccc1. The summed E-state index contributed by atoms with van der Waals surface area (Å²) >= 11 is 0. The van der Waals surface area contributed by atoms with Gasteiger partial charge in [0.25, 0.3) is 0 Å². The third kappa shape index (κ3) is 2.31. The summed E-state index contributed by atoms with van der Waals surface area (Å²) < 4.78 is 0. The second kappa shape index (κ2) is 4.94. The molecule has 1 saturated heterocycles. The molecule has 1 atom stereocenters. The van der Waals surface area contributed by atoms with Gasteiger partial charge >= 0.3 is 0 Å². The van der Waals surface area contributed by atoms with E-state index < -0.39 is 6.10 Å². The Morgan fingerprint density at radius 2 is 2.19 bits per heavy atom. The van der Waals surface area contributed by atoms with Crippen molar-refractivity contribution in [3.8, 4) is 0 Å². The molecule has 1 aliphatic rings. The molecular formula is C12H13NO3. The summed E-state index contributed by atoms with van der Waals surface area (Å²) in [6.07, 6.45) is -0.229. The van der Waals surface area contributed by atoms with Crippen molar-refractivity contribution >= 4 is 5.94 Å². The lowest BCUT2D eigenvalue weighted by molar-refractivity contribution is -0.132. The van der Waals surface area contributed by atoms with E-state index >= 15 is 0 Å². The minimum absolute atomic E-state index is 0.191. The number of benzene rings is 1. The number of nitrogens with zero attached hydrogens (tertiary/aromatic N) is 1. The lowest BCUT2D eigenvalue weighted by Crippen LogP contribution is -2.21. The van der Waals surface area contributed by atoms with E-state index in [9.17, 15) is 9.90 Å². The van der Waals surface area contributed by atoms with Gasteiger partial charge in [0.1, 0.15) is 6.10 Å². The van der Waals surface area contributed by atoms with Crippen molar-refractivity contribution in [1.82, 2.24) is 5.06 Å². The molecule has 1 fully saturated rings. The lowest BCUT2D eigenvalue weighted by atomic mass is 10.2. The van der Waals surface area contributed by atoms with E-state index in [0.29, 0.717) is 19.6 Å². The molecule has 0 bridgehead atoms. The Morgan fingerprint density at radius 3 is 2.88 bits per heavy atom. The first-order valence-corrected chi connectivity index (χ1v) is 5.18. The average Bonchev–Trinajstić information content (AvgIpc) is 2.68. The quantitative estimate of drug-likeness (QED) is 0.767. The summed E-state index contributed by atoms with van der Waals surface area (Å²) in [5, 5.41) is 10.9. The third-order valence-electron chi connectivity index (χ3n) is 2.52. The molecule has 4 heteroatoms. The van der Waals surface area contributed by atoms with Crippen LogP contribution in [0.3, 0.4) is 0 Å². The van der Waals surface area contributed by atoms with Gasteiger partial charge in [-0.3, -0.25) is 4.84 Å². The van der Waals surface area contributed by atoms with E-state index in [1.807, 2.05) is 30.3 Å². The number of aliphatic hydroxyl groups is 1. The highest BCUT2D eigenvalue weighted by atomic mass is 16.7. The molecule has 0 spiro atoms. The van der Waals surface area contributed by atoms with Crippen molar-refractivity contribution in [3.63, 3.8) is 0 Å². The van der Waals surface area contributed by atoms with Crippen molar-refractivity contribution in [1.29, 1.82) is 0 Å². The number of aliphatic hydroxyl groups excluding tert-OH is 1. The Morgan fingerprint density at radius 1 is 1.44 bits per heavy atom. The normalized spacial score (nSPS) is 19.9. The number of hydrogen-bond acceptors (Lipinski definition) is 4. The lowest BCUT2D eigenvalue weighted by Gasteiger charge is -2.17. The predicted octanol–water partition coefficient (Wildman–Crippen LogP) is 0.900. The molecule has 1 aliphatic heterocycles. The summed E-state index contributed by atoms with van der Waals surface area (Å²) in [5.74, 6) is 1.72. The van der Waals surface area contributed by atoms with Gasteiger partial charge in [0, 0.05) is 6.54 Å². The second-order valence-corrected chi connectivity index (χ2v) is 3.65. The van der Waals surface area contributed by atoms with Gasteiger partial charge in [0.05, 0.1) is 6.61 Å². The van der Waals surface area contributed by atoms with E-state index in [1.54, 1.807) is 5.94 Å². The van der Waals surface area contributed by atoms with Crippen molar-refractivity contribution in [2.75, 3.05) is 6.54 Å². The van der Waals surface area contributed by atoms with Crippen LogP contribution in [0.1, 0.15) is 12.0 Å². The summed E-state index contributed by atoms with van der Waals surface area (Å²) in [6, 6.07) is 9.66. The van der Waals surface area contributed by atoms with E-state index in [4.69, 9.17) is 4.84 Å². The number of rotatable bonds is 3. The molecular weight excluding hydrogens is 206 g/mol. The Balaban J connectivity index is 1.94. The molecule has 1 unspecified atom stereocenters. The van der Waals surface area contributed by atoms with Crippen LogP contribution in [0.5, 0.6) is 0 Å². The first kappa shape index (κ1) is 10.9. The fourth-order valence-electron chi connectivity index (χ4n) is 1.64. The van der Waals surface area contributed by atoms with E-state index in [2.05, 4.69) is 0 Å². The Kier molecular flexibility index (Phi) is 3.37. The van der Waals surface area contributed by atoms with Crippen LogP contribution in [0.25, 0.3) is 0 Å². The van der Waals surface area contributed by atoms with Gasteiger partial charge in [-0.15, -0.1) is 0 Å². The van der Waals surface area contributed by atoms with Crippen LogP contribution in [0, 0.1) is 0 Å². The fraction of sp³-hybridized carbons (Fsp3) is 0.333. The average molecular weight is 219 g/mol. The molecule has 0 saturated carbocycles. The maximum Gasteiger partial charge on any atom is 0.153 e. The minimum atomic E-state index is -0.742. The summed E-state index contributed by atoms with van der Waals surface area (Å²) in [7, 11) is 0. The molecule has 2 rings (SSSR count). The highest BCUT2D eigenvalue weighted by Gasteiger charge is 2.28. The van der Waals surface area contributed by atoms with Gasteiger partial charge in [0.2, 0.25) is 0 Å². The number of carbonyl (C=O) groups excluding carboxylic acids is 1. The van der Waals surface area contributed by atoms with Gasteiger partial charge in [-0.05, 0) is 12.0 Å². The molecule has 0 aromatic heterocycles. The highest BCUT2D eigenvalue weighted by Crippen LogP contribution is 2.20. The Labute approximate surface area is 93.7 Å². The molecule has 4 nitrogen and oxygen atoms in total. The number of hydrogen-bond donors (Lipinski definition) is 1. The number of hydroxylamine groups is 2. The standard InChI is InChI=1S/C12H13NO3/c14-8-11-12(15)6-7-13(11)16-9-10-4-2-1-3-5-10/h1-5,12,15H,6-7,9H2.